The molecule has 200 valence electrons. The van der Waals surface area contributed by atoms with Gasteiger partial charge in [0.25, 0.3) is 5.56 Å². The molecule has 2 aromatic heterocycles. The lowest BCUT2D eigenvalue weighted by atomic mass is 10.0. The summed E-state index contributed by atoms with van der Waals surface area (Å²) >= 11 is 18.9. The van der Waals surface area contributed by atoms with Gasteiger partial charge in [-0.2, -0.15) is 4.58 Å². The number of halogens is 3. The van der Waals surface area contributed by atoms with Crippen molar-refractivity contribution in [2.24, 2.45) is 7.05 Å². The van der Waals surface area contributed by atoms with Crippen LogP contribution in [-0.2, 0) is 20.0 Å². The molecule has 0 atom stereocenters. The van der Waals surface area contributed by atoms with Crippen LogP contribution in [0.4, 0.5) is 5.95 Å². The van der Waals surface area contributed by atoms with Gasteiger partial charge in [-0.15, -0.1) is 0 Å². The van der Waals surface area contributed by atoms with Gasteiger partial charge in [0, 0.05) is 38.0 Å². The highest BCUT2D eigenvalue weighted by molar-refractivity contribution is 6.42. The summed E-state index contributed by atoms with van der Waals surface area (Å²) in [5, 5.41) is 4.33. The predicted molar refractivity (Wildman–Crippen MR) is 155 cm³/mol. The Morgan fingerprint density at radius 2 is 1.85 bits per heavy atom. The summed E-state index contributed by atoms with van der Waals surface area (Å²) in [6.45, 7) is 5.89. The third kappa shape index (κ3) is 5.12. The monoisotopic (exact) mass is 583 g/mol. The van der Waals surface area contributed by atoms with Crippen LogP contribution in [0, 0.1) is 0 Å². The molecule has 0 bridgehead atoms. The highest BCUT2D eigenvalue weighted by Crippen LogP contribution is 2.29. The molecule has 3 heterocycles. The summed E-state index contributed by atoms with van der Waals surface area (Å²) in [6.07, 6.45) is 3.83. The summed E-state index contributed by atoms with van der Waals surface area (Å²) in [7, 11) is 1.90. The van der Waals surface area contributed by atoms with E-state index in [0.29, 0.717) is 43.5 Å². The molecule has 8 nitrogen and oxygen atoms in total. The van der Waals surface area contributed by atoms with Crippen molar-refractivity contribution in [3.63, 3.8) is 0 Å². The predicted octanol–water partition coefficient (Wildman–Crippen LogP) is 5.78. The zero-order valence-corrected chi connectivity index (χ0v) is 24.1. The summed E-state index contributed by atoms with van der Waals surface area (Å²) in [5.74, 6) is 0.868. The maximum absolute atomic E-state index is 14.0. The fraction of sp³-hybridized carbons (Fsp3) is 0.250. The third-order valence-corrected chi connectivity index (χ3v) is 7.60. The van der Waals surface area contributed by atoms with E-state index in [9.17, 15) is 9.59 Å². The number of hydrogen-bond acceptors (Lipinski definition) is 5. The second-order valence-electron chi connectivity index (χ2n) is 9.76. The molecule has 2 aromatic carbocycles. The Morgan fingerprint density at radius 1 is 1.08 bits per heavy atom. The zero-order valence-electron chi connectivity index (χ0n) is 21.8. The van der Waals surface area contributed by atoms with Crippen LogP contribution in [0.1, 0.15) is 42.4 Å². The average Bonchev–Trinajstić information content (AvgIpc) is 3.31. The minimum Gasteiger partial charge on any atom is -0.353 e. The SMILES string of the molecule is CC1=[N+](C(=O)c2ccc(Cl)c(Cl)c2)Cc2nc(NC(C)C)n(-c3ccc(-c4nccn4C)cc3Cl)c(=O)c2C1. The average molecular weight is 585 g/mol. The second kappa shape index (κ2) is 10.6. The first-order valence-corrected chi connectivity index (χ1v) is 13.5. The summed E-state index contributed by atoms with van der Waals surface area (Å²) in [4.78, 5) is 36.6. The number of rotatable bonds is 5. The van der Waals surface area contributed by atoms with E-state index in [-0.39, 0.29) is 30.5 Å². The minimum absolute atomic E-state index is 0.0161. The van der Waals surface area contributed by atoms with Crippen molar-refractivity contribution >= 4 is 52.4 Å². The number of hydrogen-bond donors (Lipinski definition) is 1. The van der Waals surface area contributed by atoms with E-state index in [4.69, 9.17) is 39.8 Å². The number of benzene rings is 2. The Balaban J connectivity index is 1.59. The highest BCUT2D eigenvalue weighted by Gasteiger charge is 2.33. The highest BCUT2D eigenvalue weighted by atomic mass is 35.5. The van der Waals surface area contributed by atoms with E-state index in [2.05, 4.69) is 10.3 Å². The Kier molecular flexibility index (Phi) is 7.37. The Bertz CT molecular complexity index is 1720. The number of carbonyl (C=O) groups is 1. The number of imidazole rings is 1. The molecule has 11 heteroatoms. The summed E-state index contributed by atoms with van der Waals surface area (Å²) in [6, 6.07) is 10.2. The summed E-state index contributed by atoms with van der Waals surface area (Å²) < 4.78 is 5.02. The molecule has 0 saturated carbocycles. The van der Waals surface area contributed by atoms with Crippen LogP contribution in [0.2, 0.25) is 15.1 Å². The first-order chi connectivity index (χ1) is 18.5. The van der Waals surface area contributed by atoms with Crippen LogP contribution in [0.15, 0.2) is 53.6 Å². The number of carbonyl (C=O) groups excluding carboxylic acids is 1. The van der Waals surface area contributed by atoms with E-state index < -0.39 is 0 Å². The molecule has 0 spiro atoms. The number of aromatic nitrogens is 4. The maximum Gasteiger partial charge on any atom is 0.419 e. The van der Waals surface area contributed by atoms with Crippen LogP contribution >= 0.6 is 34.8 Å². The van der Waals surface area contributed by atoms with Gasteiger partial charge in [0.15, 0.2) is 12.3 Å². The number of anilines is 1. The van der Waals surface area contributed by atoms with Crippen molar-refractivity contribution in [3.8, 4) is 17.1 Å². The fourth-order valence-electron chi connectivity index (χ4n) is 4.62. The lowest BCUT2D eigenvalue weighted by molar-refractivity contribution is -0.450. The van der Waals surface area contributed by atoms with Crippen molar-refractivity contribution in [2.45, 2.75) is 39.8 Å². The smallest absolute Gasteiger partial charge is 0.353 e. The van der Waals surface area contributed by atoms with Gasteiger partial charge in [-0.3, -0.25) is 4.79 Å². The minimum atomic E-state index is -0.242. The Hall–Kier alpha value is -3.46. The molecule has 1 N–H and O–H groups in total. The molecule has 1 aliphatic rings. The molecule has 1 aliphatic heterocycles. The van der Waals surface area contributed by atoms with Gasteiger partial charge in [0.1, 0.15) is 11.5 Å². The van der Waals surface area contributed by atoms with Gasteiger partial charge < -0.3 is 9.88 Å². The van der Waals surface area contributed by atoms with Gasteiger partial charge in [-0.25, -0.2) is 19.3 Å². The topological polar surface area (TPSA) is 84.8 Å². The molecule has 0 radical (unpaired) electrons. The van der Waals surface area contributed by atoms with Crippen molar-refractivity contribution in [2.75, 3.05) is 5.32 Å². The van der Waals surface area contributed by atoms with E-state index in [0.717, 1.165) is 17.1 Å². The zero-order chi connectivity index (χ0) is 28.0. The lowest BCUT2D eigenvalue weighted by Crippen LogP contribution is -2.38. The molecule has 39 heavy (non-hydrogen) atoms. The van der Waals surface area contributed by atoms with Crippen molar-refractivity contribution in [1.29, 1.82) is 0 Å². The molecule has 0 aliphatic carbocycles. The summed E-state index contributed by atoms with van der Waals surface area (Å²) in [5.41, 5.74) is 3.27. The number of amides is 1. The molecule has 0 fully saturated rings. The van der Waals surface area contributed by atoms with Crippen molar-refractivity contribution in [3.05, 3.63) is 91.0 Å². The fourth-order valence-corrected chi connectivity index (χ4v) is 5.19. The molecule has 1 amide bonds. The first-order valence-electron chi connectivity index (χ1n) is 12.3. The molecule has 5 rings (SSSR count). The molecule has 0 saturated heterocycles. The standard InChI is InChI=1S/C28H25Cl3N6O2/c1-15(2)33-28-34-23-14-36(26(38)18-5-7-20(29)21(30)13-18)16(3)11-19(23)27(39)37(28)24-8-6-17(12-22(24)31)25-32-9-10-35(25)4/h5-10,12-13,15H,11,14H2,1-4H3/p+1. The van der Waals surface area contributed by atoms with E-state index >= 15 is 0 Å². The van der Waals surface area contributed by atoms with Gasteiger partial charge in [-0.1, -0.05) is 34.8 Å². The largest absolute Gasteiger partial charge is 0.419 e. The number of nitrogens with zero attached hydrogens (tertiary/aromatic N) is 5. The van der Waals surface area contributed by atoms with Crippen LogP contribution in [0.5, 0.6) is 0 Å². The van der Waals surface area contributed by atoms with Gasteiger partial charge in [0.05, 0.1) is 38.3 Å². The van der Waals surface area contributed by atoms with Crippen LogP contribution in [-0.4, -0.2) is 41.3 Å². The van der Waals surface area contributed by atoms with Crippen LogP contribution in [0.3, 0.4) is 0 Å². The van der Waals surface area contributed by atoms with Gasteiger partial charge in [-0.05, 0) is 50.2 Å². The number of fused-ring (bicyclic) bond motifs is 1. The van der Waals surface area contributed by atoms with Crippen LogP contribution in [0.25, 0.3) is 17.1 Å². The van der Waals surface area contributed by atoms with Crippen molar-refractivity contribution < 1.29 is 9.37 Å². The number of aryl methyl sites for hydroxylation is 1. The quantitative estimate of drug-likeness (QED) is 0.301. The Labute approximate surface area is 240 Å². The van der Waals surface area contributed by atoms with E-state index in [1.807, 2.05) is 44.6 Å². The van der Waals surface area contributed by atoms with E-state index in [1.54, 1.807) is 41.1 Å². The molecular formula is C28H26Cl3N6O2+. The first kappa shape index (κ1) is 27.1. The third-order valence-electron chi connectivity index (χ3n) is 6.56. The normalized spacial score (nSPS) is 13.1. The van der Waals surface area contributed by atoms with Crippen molar-refractivity contribution in [1.82, 2.24) is 19.1 Å². The van der Waals surface area contributed by atoms with Crippen LogP contribution < -0.4 is 10.9 Å². The molecule has 4 aromatic rings. The van der Waals surface area contributed by atoms with Gasteiger partial charge in [0.2, 0.25) is 5.95 Å². The second-order valence-corrected chi connectivity index (χ2v) is 11.0. The number of nitrogens with one attached hydrogen (secondary N) is 1. The van der Waals surface area contributed by atoms with E-state index in [1.165, 1.54) is 4.57 Å². The maximum atomic E-state index is 14.0. The lowest BCUT2D eigenvalue weighted by Gasteiger charge is -2.21. The van der Waals surface area contributed by atoms with Gasteiger partial charge >= 0.3 is 5.91 Å². The molecule has 0 unspecified atom stereocenters. The molecular weight excluding hydrogens is 559 g/mol. The Morgan fingerprint density at radius 3 is 2.49 bits per heavy atom.